The molecule has 2 aromatic heterocycles. The van der Waals surface area contributed by atoms with Crippen LogP contribution in [0.4, 0.5) is 0 Å². The molecule has 0 aliphatic rings. The van der Waals surface area contributed by atoms with Crippen LogP contribution in [0, 0.1) is 0 Å². The number of carboxylic acid groups (broad SMARTS) is 1. The first kappa shape index (κ1) is 22.3. The zero-order valence-electron chi connectivity index (χ0n) is 16.6. The van der Waals surface area contributed by atoms with Crippen molar-refractivity contribution in [3.63, 3.8) is 0 Å². The third kappa shape index (κ3) is 5.65. The van der Waals surface area contributed by atoms with Crippen LogP contribution in [-0.2, 0) is 16.0 Å². The summed E-state index contributed by atoms with van der Waals surface area (Å²) in [6.45, 7) is 0. The molecule has 0 fully saturated rings. The molecule has 1 unspecified atom stereocenters. The van der Waals surface area contributed by atoms with E-state index >= 15 is 0 Å². The molecule has 0 saturated carbocycles. The Kier molecular flexibility index (Phi) is 7.05. The number of halogens is 1. The van der Waals surface area contributed by atoms with Gasteiger partial charge in [-0.2, -0.15) is 0 Å². The van der Waals surface area contributed by atoms with Crippen molar-refractivity contribution in [1.82, 2.24) is 4.98 Å². The summed E-state index contributed by atoms with van der Waals surface area (Å²) in [6.07, 6.45) is 3.34. The number of carbonyl (C=O) groups excluding carboxylic acids is 1. The van der Waals surface area contributed by atoms with E-state index in [1.165, 1.54) is 11.3 Å². The van der Waals surface area contributed by atoms with Crippen molar-refractivity contribution in [3.8, 4) is 22.8 Å². The standard InChI is InChI=1S/C24H17AsClNO4S/c26-18-12-16(25-22(28)11-6-15-4-2-1-3-5-15)7-8-17(18)20-9-10-21(31-20)19-14-32-23(27-19)13-24(29)30/h1-12,14,25H,13H2,(H,29,30)/b11-6+. The number of furan rings is 1. The van der Waals surface area contributed by atoms with E-state index in [0.717, 1.165) is 15.5 Å². The number of allylic oxidation sites excluding steroid dienone is 1. The molecule has 2 heterocycles. The van der Waals surface area contributed by atoms with Crippen molar-refractivity contribution in [2.24, 2.45) is 0 Å². The van der Waals surface area contributed by atoms with Crippen molar-refractivity contribution in [2.45, 2.75) is 6.42 Å². The molecule has 1 atom stereocenters. The van der Waals surface area contributed by atoms with Crippen LogP contribution in [0.3, 0.4) is 0 Å². The molecule has 160 valence electrons. The molecule has 0 radical (unpaired) electrons. The van der Waals surface area contributed by atoms with Gasteiger partial charge in [0, 0.05) is 0 Å². The van der Waals surface area contributed by atoms with E-state index in [0.29, 0.717) is 27.2 Å². The van der Waals surface area contributed by atoms with E-state index in [9.17, 15) is 9.59 Å². The molecule has 4 rings (SSSR count). The van der Waals surface area contributed by atoms with Crippen LogP contribution in [0.25, 0.3) is 28.9 Å². The Balaban J connectivity index is 1.45. The average molecular weight is 526 g/mol. The molecule has 32 heavy (non-hydrogen) atoms. The van der Waals surface area contributed by atoms with Crippen molar-refractivity contribution in [1.29, 1.82) is 0 Å². The summed E-state index contributed by atoms with van der Waals surface area (Å²) in [5.41, 5.74) is 2.30. The van der Waals surface area contributed by atoms with Crippen molar-refractivity contribution >= 4 is 59.7 Å². The summed E-state index contributed by atoms with van der Waals surface area (Å²) in [5, 5.41) is 11.7. The van der Waals surface area contributed by atoms with E-state index in [2.05, 4.69) is 4.98 Å². The van der Waals surface area contributed by atoms with Gasteiger partial charge in [0.05, 0.1) is 0 Å². The van der Waals surface area contributed by atoms with Crippen molar-refractivity contribution in [2.75, 3.05) is 0 Å². The van der Waals surface area contributed by atoms with E-state index in [4.69, 9.17) is 21.1 Å². The second-order valence-corrected chi connectivity index (χ2v) is 10.9. The summed E-state index contributed by atoms with van der Waals surface area (Å²) in [4.78, 5) is 27.5. The number of aliphatic carboxylic acids is 1. The first-order valence-corrected chi connectivity index (χ1v) is 12.9. The zero-order chi connectivity index (χ0) is 22.5. The first-order valence-electron chi connectivity index (χ1n) is 9.58. The predicted molar refractivity (Wildman–Crippen MR) is 129 cm³/mol. The van der Waals surface area contributed by atoms with Gasteiger partial charge in [-0.25, -0.2) is 0 Å². The monoisotopic (exact) mass is 525 g/mol. The molecule has 1 N–H and O–H groups in total. The van der Waals surface area contributed by atoms with Gasteiger partial charge in [-0.05, 0) is 0 Å². The Morgan fingerprint density at radius 3 is 2.62 bits per heavy atom. The van der Waals surface area contributed by atoms with Gasteiger partial charge in [0.15, 0.2) is 0 Å². The topological polar surface area (TPSA) is 80.4 Å². The second kappa shape index (κ2) is 10.1. The summed E-state index contributed by atoms with van der Waals surface area (Å²) < 4.78 is 6.95. The van der Waals surface area contributed by atoms with Gasteiger partial charge in [-0.15, -0.1) is 0 Å². The Labute approximate surface area is 200 Å². The van der Waals surface area contributed by atoms with Crippen LogP contribution in [0.5, 0.6) is 0 Å². The molecule has 0 spiro atoms. The molecule has 4 aromatic rings. The fourth-order valence-corrected chi connectivity index (χ4v) is 5.96. The molecular weight excluding hydrogens is 509 g/mol. The minimum absolute atomic E-state index is 0.110. The molecule has 2 aromatic carbocycles. The number of benzene rings is 2. The van der Waals surface area contributed by atoms with Gasteiger partial charge in [0.1, 0.15) is 0 Å². The molecular formula is C24H17AsClNO4S. The molecule has 0 saturated heterocycles. The second-order valence-electron chi connectivity index (χ2n) is 6.79. The van der Waals surface area contributed by atoms with Gasteiger partial charge < -0.3 is 5.11 Å². The SMILES string of the molecule is O=C(O)Cc1nc(-c2ccc(-c3ccc([AsH]C(=O)/C=C/c4ccccc4)cc3Cl)o2)cs1. The normalized spacial score (nSPS) is 11.5. The quantitative estimate of drug-likeness (QED) is 0.267. The van der Waals surface area contributed by atoms with Crippen LogP contribution < -0.4 is 4.35 Å². The van der Waals surface area contributed by atoms with E-state index < -0.39 is 21.7 Å². The summed E-state index contributed by atoms with van der Waals surface area (Å²) in [5.74, 6) is 0.206. The molecule has 5 nitrogen and oxygen atoms in total. The van der Waals surface area contributed by atoms with Crippen LogP contribution >= 0.6 is 22.9 Å². The number of carboxylic acids is 1. The zero-order valence-corrected chi connectivity index (χ0v) is 20.3. The Bertz CT molecular complexity index is 1300. The predicted octanol–water partition coefficient (Wildman–Crippen LogP) is 4.65. The maximum atomic E-state index is 12.3. The molecule has 0 amide bonds. The van der Waals surface area contributed by atoms with Gasteiger partial charge in [-0.3, -0.25) is 4.79 Å². The first-order chi connectivity index (χ1) is 15.5. The summed E-state index contributed by atoms with van der Waals surface area (Å²) in [7, 11) is 0. The van der Waals surface area contributed by atoms with E-state index in [1.807, 2.05) is 54.6 Å². The number of hydrogen-bond donors (Lipinski definition) is 1. The number of rotatable bonds is 8. The fraction of sp³-hybridized carbons (Fsp3) is 0.0417. The Hall–Kier alpha value is -2.92. The van der Waals surface area contributed by atoms with E-state index in [1.54, 1.807) is 23.6 Å². The van der Waals surface area contributed by atoms with Gasteiger partial charge in [-0.1, -0.05) is 0 Å². The number of thiazole rings is 1. The van der Waals surface area contributed by atoms with Crippen molar-refractivity contribution in [3.05, 3.63) is 87.7 Å². The molecule has 0 aliphatic heterocycles. The number of hydrogen-bond acceptors (Lipinski definition) is 5. The minimum atomic E-state index is -1.02. The van der Waals surface area contributed by atoms with Gasteiger partial charge in [0.2, 0.25) is 0 Å². The molecule has 0 aliphatic carbocycles. The van der Waals surface area contributed by atoms with Crippen LogP contribution in [0.15, 0.2) is 76.5 Å². The van der Waals surface area contributed by atoms with Crippen molar-refractivity contribution < 1.29 is 19.1 Å². The Morgan fingerprint density at radius 2 is 1.88 bits per heavy atom. The van der Waals surface area contributed by atoms with Crippen LogP contribution in [0.1, 0.15) is 10.6 Å². The third-order valence-corrected chi connectivity index (χ3v) is 7.73. The van der Waals surface area contributed by atoms with E-state index in [-0.39, 0.29) is 11.0 Å². The van der Waals surface area contributed by atoms with Crippen LogP contribution in [0.2, 0.25) is 5.02 Å². The summed E-state index contributed by atoms with van der Waals surface area (Å²) >= 11 is 6.75. The number of nitrogens with zero attached hydrogens (tertiary/aromatic N) is 1. The molecule has 0 bridgehead atoms. The number of carbonyl (C=O) groups is 2. The maximum absolute atomic E-state index is 12.3. The van der Waals surface area contributed by atoms with Crippen LogP contribution in [-0.4, -0.2) is 36.4 Å². The average Bonchev–Trinajstić information content (AvgIpc) is 3.42. The number of aromatic nitrogens is 1. The fourth-order valence-electron chi connectivity index (χ4n) is 2.97. The Morgan fingerprint density at radius 1 is 1.09 bits per heavy atom. The van der Waals surface area contributed by atoms with Gasteiger partial charge >= 0.3 is 191 Å². The third-order valence-electron chi connectivity index (χ3n) is 4.44. The molecule has 8 heteroatoms. The summed E-state index contributed by atoms with van der Waals surface area (Å²) in [6, 6.07) is 18.9. The van der Waals surface area contributed by atoms with Gasteiger partial charge in [0.25, 0.3) is 0 Å².